The number of benzene rings is 1. The summed E-state index contributed by atoms with van der Waals surface area (Å²) in [6.07, 6.45) is 4.33. The molecule has 4 rings (SSSR count). The van der Waals surface area contributed by atoms with E-state index in [4.69, 9.17) is 9.47 Å². The molecule has 0 radical (unpaired) electrons. The Morgan fingerprint density at radius 3 is 2.80 bits per heavy atom. The van der Waals surface area contributed by atoms with Crippen LogP contribution in [0.25, 0.3) is 11.1 Å². The van der Waals surface area contributed by atoms with Crippen LogP contribution in [-0.2, 0) is 4.74 Å². The molecule has 0 bridgehead atoms. The van der Waals surface area contributed by atoms with Crippen molar-refractivity contribution in [3.05, 3.63) is 42.0 Å². The van der Waals surface area contributed by atoms with Crippen LogP contribution in [0.1, 0.15) is 24.5 Å². The molecule has 1 aromatic heterocycles. The molecule has 2 fully saturated rings. The van der Waals surface area contributed by atoms with Gasteiger partial charge in [0.25, 0.3) is 0 Å². The monoisotopic (exact) mass is 344 g/mol. The van der Waals surface area contributed by atoms with Crippen molar-refractivity contribution in [3.8, 4) is 16.9 Å². The first-order valence-corrected chi connectivity index (χ1v) is 9.05. The Morgan fingerprint density at radius 1 is 1.24 bits per heavy atom. The van der Waals surface area contributed by atoms with E-state index >= 15 is 0 Å². The molecule has 0 atom stereocenters. The van der Waals surface area contributed by atoms with Crippen LogP contribution in [0.15, 0.2) is 30.5 Å². The number of ether oxygens (including phenoxy) is 2. The normalized spacial score (nSPS) is 19.8. The molecule has 134 valence electrons. The zero-order valence-electron chi connectivity index (χ0n) is 14.6. The first-order valence-electron chi connectivity index (χ1n) is 9.05. The summed E-state index contributed by atoms with van der Waals surface area (Å²) < 4.78 is 24.4. The molecule has 5 heteroatoms. The topological polar surface area (TPSA) is 37.5 Å². The van der Waals surface area contributed by atoms with Gasteiger partial charge in [-0.1, -0.05) is 0 Å². The van der Waals surface area contributed by atoms with Crippen LogP contribution >= 0.6 is 0 Å². The molecule has 0 aliphatic carbocycles. The van der Waals surface area contributed by atoms with Crippen molar-refractivity contribution in [1.82, 2.24) is 9.88 Å². The highest BCUT2D eigenvalue weighted by Gasteiger charge is 2.31. The number of methoxy groups -OCH3 is 1. The molecular weight excluding hydrogens is 319 g/mol. The van der Waals surface area contributed by atoms with Gasteiger partial charge in [-0.3, -0.25) is 0 Å². The molecular formula is C20H25FN2O2. The Hall–Kier alpha value is -1.85. The van der Waals surface area contributed by atoms with Gasteiger partial charge in [0.15, 0.2) is 0 Å². The highest BCUT2D eigenvalue weighted by molar-refractivity contribution is 5.70. The average molecular weight is 344 g/mol. The maximum absolute atomic E-state index is 13.6. The van der Waals surface area contributed by atoms with E-state index in [0.29, 0.717) is 11.7 Å². The Balaban J connectivity index is 1.39. The Labute approximate surface area is 147 Å². The number of likely N-dealkylation sites (tertiary alicyclic amines) is 1. The number of H-pyrrole nitrogens is 1. The number of halogens is 1. The van der Waals surface area contributed by atoms with E-state index in [1.165, 1.54) is 37.2 Å². The first-order chi connectivity index (χ1) is 12.2. The predicted molar refractivity (Wildman–Crippen MR) is 95.5 cm³/mol. The standard InChI is InChI=1S/C20H25FN2O2/c1-24-20-3-2-17(21)9-18(20)15-8-19(22-10-15)16-12-23(13-16)11-14-4-6-25-7-5-14/h2-3,8-10,14,16,22H,4-7,11-13H2,1H3. The molecule has 0 amide bonds. The molecule has 1 aromatic carbocycles. The minimum Gasteiger partial charge on any atom is -0.496 e. The van der Waals surface area contributed by atoms with Crippen molar-refractivity contribution in [1.29, 1.82) is 0 Å². The molecule has 2 saturated heterocycles. The molecule has 2 aliphatic heterocycles. The average Bonchev–Trinajstić information content (AvgIpc) is 3.08. The number of nitrogens with zero attached hydrogens (tertiary/aromatic N) is 1. The van der Waals surface area contributed by atoms with Crippen LogP contribution in [0.5, 0.6) is 5.75 Å². The summed E-state index contributed by atoms with van der Waals surface area (Å²) >= 11 is 0. The van der Waals surface area contributed by atoms with Crippen molar-refractivity contribution < 1.29 is 13.9 Å². The van der Waals surface area contributed by atoms with E-state index in [0.717, 1.165) is 43.3 Å². The van der Waals surface area contributed by atoms with Crippen molar-refractivity contribution in [2.45, 2.75) is 18.8 Å². The molecule has 25 heavy (non-hydrogen) atoms. The Kier molecular flexibility index (Phi) is 4.77. The van der Waals surface area contributed by atoms with Gasteiger partial charge in [0.05, 0.1) is 7.11 Å². The molecule has 4 nitrogen and oxygen atoms in total. The second kappa shape index (κ2) is 7.18. The van der Waals surface area contributed by atoms with Crippen LogP contribution < -0.4 is 4.74 Å². The lowest BCUT2D eigenvalue weighted by molar-refractivity contribution is 0.0367. The highest BCUT2D eigenvalue weighted by atomic mass is 19.1. The Morgan fingerprint density at radius 2 is 2.04 bits per heavy atom. The summed E-state index contributed by atoms with van der Waals surface area (Å²) in [5.41, 5.74) is 3.00. The maximum Gasteiger partial charge on any atom is 0.126 e. The zero-order chi connectivity index (χ0) is 17.2. The summed E-state index contributed by atoms with van der Waals surface area (Å²) in [6, 6.07) is 6.77. The van der Waals surface area contributed by atoms with Gasteiger partial charge >= 0.3 is 0 Å². The fourth-order valence-corrected chi connectivity index (χ4v) is 3.92. The smallest absolute Gasteiger partial charge is 0.126 e. The van der Waals surface area contributed by atoms with Crippen molar-refractivity contribution in [3.63, 3.8) is 0 Å². The molecule has 0 spiro atoms. The molecule has 0 saturated carbocycles. The number of rotatable bonds is 5. The minimum atomic E-state index is -0.246. The van der Waals surface area contributed by atoms with Gasteiger partial charge in [0, 0.05) is 61.8 Å². The quantitative estimate of drug-likeness (QED) is 0.899. The van der Waals surface area contributed by atoms with Gasteiger partial charge in [-0.25, -0.2) is 4.39 Å². The highest BCUT2D eigenvalue weighted by Crippen LogP contribution is 2.35. The molecule has 3 heterocycles. The number of hydrogen-bond donors (Lipinski definition) is 1. The van der Waals surface area contributed by atoms with E-state index in [2.05, 4.69) is 16.0 Å². The minimum absolute atomic E-state index is 0.246. The zero-order valence-corrected chi connectivity index (χ0v) is 14.6. The number of hydrogen-bond acceptors (Lipinski definition) is 3. The largest absolute Gasteiger partial charge is 0.496 e. The van der Waals surface area contributed by atoms with Crippen LogP contribution in [-0.4, -0.2) is 49.8 Å². The molecule has 2 aliphatic rings. The summed E-state index contributed by atoms with van der Waals surface area (Å²) in [6.45, 7) is 5.20. The predicted octanol–water partition coefficient (Wildman–Crippen LogP) is 3.66. The van der Waals surface area contributed by atoms with Gasteiger partial charge in [0.1, 0.15) is 11.6 Å². The number of aromatic nitrogens is 1. The third kappa shape index (κ3) is 3.58. The summed E-state index contributed by atoms with van der Waals surface area (Å²) in [4.78, 5) is 5.91. The third-order valence-electron chi connectivity index (χ3n) is 5.43. The second-order valence-electron chi connectivity index (χ2n) is 7.16. The van der Waals surface area contributed by atoms with E-state index in [1.807, 2.05) is 6.20 Å². The third-order valence-corrected chi connectivity index (χ3v) is 5.43. The Bertz CT molecular complexity index is 718. The fourth-order valence-electron chi connectivity index (χ4n) is 3.92. The lowest BCUT2D eigenvalue weighted by Gasteiger charge is -2.41. The van der Waals surface area contributed by atoms with Gasteiger partial charge in [0.2, 0.25) is 0 Å². The van der Waals surface area contributed by atoms with Gasteiger partial charge in [-0.05, 0) is 43.0 Å². The molecule has 0 unspecified atom stereocenters. The van der Waals surface area contributed by atoms with Crippen LogP contribution in [0.2, 0.25) is 0 Å². The summed E-state index contributed by atoms with van der Waals surface area (Å²) in [5, 5.41) is 0. The molecule has 2 aromatic rings. The lowest BCUT2D eigenvalue weighted by Crippen LogP contribution is -2.47. The maximum atomic E-state index is 13.6. The van der Waals surface area contributed by atoms with Gasteiger partial charge in [-0.15, -0.1) is 0 Å². The number of nitrogens with one attached hydrogen (secondary N) is 1. The van der Waals surface area contributed by atoms with Crippen molar-refractivity contribution in [2.24, 2.45) is 5.92 Å². The first kappa shape index (κ1) is 16.6. The van der Waals surface area contributed by atoms with Crippen molar-refractivity contribution in [2.75, 3.05) is 40.0 Å². The summed E-state index contributed by atoms with van der Waals surface area (Å²) in [5.74, 6) is 1.77. The van der Waals surface area contributed by atoms with E-state index in [-0.39, 0.29) is 5.82 Å². The van der Waals surface area contributed by atoms with Crippen LogP contribution in [0.3, 0.4) is 0 Å². The van der Waals surface area contributed by atoms with E-state index in [9.17, 15) is 4.39 Å². The van der Waals surface area contributed by atoms with Gasteiger partial charge in [-0.2, -0.15) is 0 Å². The van der Waals surface area contributed by atoms with E-state index in [1.54, 1.807) is 13.2 Å². The van der Waals surface area contributed by atoms with Crippen molar-refractivity contribution >= 4 is 0 Å². The van der Waals surface area contributed by atoms with Crippen LogP contribution in [0.4, 0.5) is 4.39 Å². The SMILES string of the molecule is COc1ccc(F)cc1-c1c[nH]c(C2CN(CC3CCOCC3)C2)c1. The summed E-state index contributed by atoms with van der Waals surface area (Å²) in [7, 11) is 1.62. The van der Waals surface area contributed by atoms with Crippen LogP contribution in [0, 0.1) is 11.7 Å². The van der Waals surface area contributed by atoms with Gasteiger partial charge < -0.3 is 19.4 Å². The number of aromatic amines is 1. The lowest BCUT2D eigenvalue weighted by atomic mass is 9.92. The van der Waals surface area contributed by atoms with E-state index < -0.39 is 0 Å². The fraction of sp³-hybridized carbons (Fsp3) is 0.500. The second-order valence-corrected chi connectivity index (χ2v) is 7.16. The molecule has 1 N–H and O–H groups in total.